The van der Waals surface area contributed by atoms with Crippen LogP contribution in [0.5, 0.6) is 0 Å². The highest BCUT2D eigenvalue weighted by Gasteiger charge is 2.07. The number of benzene rings is 2. The van der Waals surface area contributed by atoms with E-state index in [-0.39, 0.29) is 0 Å². The predicted octanol–water partition coefficient (Wildman–Crippen LogP) is 3.89. The third kappa shape index (κ3) is 2.02. The highest BCUT2D eigenvalue weighted by molar-refractivity contribution is 7.98. The predicted molar refractivity (Wildman–Crippen MR) is 69.0 cm³/mol. The summed E-state index contributed by atoms with van der Waals surface area (Å²) in [5.74, 6) is 0. The van der Waals surface area contributed by atoms with E-state index in [9.17, 15) is 4.79 Å². The molecule has 0 aliphatic heterocycles. The van der Waals surface area contributed by atoms with Crippen LogP contribution in [0, 0.1) is 0 Å². The van der Waals surface area contributed by atoms with Crippen LogP contribution in [0.4, 0.5) is 0 Å². The molecule has 0 saturated carbocycles. The Morgan fingerprint density at radius 1 is 1.00 bits per heavy atom. The molecule has 80 valence electrons. The molecule has 0 N–H and O–H groups in total. The van der Waals surface area contributed by atoms with Crippen LogP contribution in [0.25, 0.3) is 11.1 Å². The number of hydrogen-bond acceptors (Lipinski definition) is 2. The summed E-state index contributed by atoms with van der Waals surface area (Å²) in [4.78, 5) is 12.2. The lowest BCUT2D eigenvalue weighted by Crippen LogP contribution is -1.90. The second-order valence-electron chi connectivity index (χ2n) is 3.41. The molecule has 0 fully saturated rings. The van der Waals surface area contributed by atoms with Gasteiger partial charge in [0.15, 0.2) is 6.29 Å². The topological polar surface area (TPSA) is 17.1 Å². The van der Waals surface area contributed by atoms with Gasteiger partial charge in [-0.3, -0.25) is 4.79 Å². The van der Waals surface area contributed by atoms with Crippen molar-refractivity contribution in [2.75, 3.05) is 6.26 Å². The molecule has 0 amide bonds. The molecule has 0 aliphatic carbocycles. The summed E-state index contributed by atoms with van der Waals surface area (Å²) >= 11 is 1.60. The van der Waals surface area contributed by atoms with Gasteiger partial charge in [0.2, 0.25) is 0 Å². The minimum Gasteiger partial charge on any atom is -0.298 e. The number of thioether (sulfide) groups is 1. The van der Waals surface area contributed by atoms with Gasteiger partial charge in [0.1, 0.15) is 0 Å². The Kier molecular flexibility index (Phi) is 3.42. The Morgan fingerprint density at radius 3 is 2.38 bits per heavy atom. The summed E-state index contributed by atoms with van der Waals surface area (Å²) in [6, 6.07) is 15.9. The van der Waals surface area contributed by atoms with Crippen molar-refractivity contribution in [3.05, 3.63) is 54.1 Å². The van der Waals surface area contributed by atoms with Crippen LogP contribution in [0.3, 0.4) is 0 Å². The largest absolute Gasteiger partial charge is 0.298 e. The van der Waals surface area contributed by atoms with Crippen LogP contribution in [-0.2, 0) is 0 Å². The monoisotopic (exact) mass is 228 g/mol. The first-order chi connectivity index (χ1) is 7.86. The van der Waals surface area contributed by atoms with Crippen molar-refractivity contribution in [3.8, 4) is 11.1 Å². The highest BCUT2D eigenvalue weighted by atomic mass is 32.2. The van der Waals surface area contributed by atoms with Crippen molar-refractivity contribution in [2.45, 2.75) is 4.90 Å². The lowest BCUT2D eigenvalue weighted by molar-refractivity contribution is 0.112. The zero-order valence-electron chi connectivity index (χ0n) is 9.01. The molecule has 0 unspecified atom stereocenters. The minimum absolute atomic E-state index is 0.779. The van der Waals surface area contributed by atoms with Crippen molar-refractivity contribution >= 4 is 18.0 Å². The average Bonchev–Trinajstić information content (AvgIpc) is 2.38. The van der Waals surface area contributed by atoms with Crippen LogP contribution < -0.4 is 0 Å². The number of carbonyl (C=O) groups is 1. The fourth-order valence-corrected chi connectivity index (χ4v) is 2.31. The molecule has 0 heterocycles. The van der Waals surface area contributed by atoms with E-state index in [1.54, 1.807) is 11.8 Å². The Hall–Kier alpha value is -1.54. The maximum atomic E-state index is 11.2. The molecule has 0 atom stereocenters. The van der Waals surface area contributed by atoms with Gasteiger partial charge in [0, 0.05) is 10.5 Å². The zero-order valence-corrected chi connectivity index (χ0v) is 9.83. The van der Waals surface area contributed by atoms with Gasteiger partial charge in [-0.05, 0) is 23.4 Å². The van der Waals surface area contributed by atoms with E-state index in [0.29, 0.717) is 0 Å². The minimum atomic E-state index is 0.779. The molecule has 0 radical (unpaired) electrons. The Bertz CT molecular complexity index is 491. The molecule has 0 bridgehead atoms. The van der Waals surface area contributed by atoms with E-state index in [4.69, 9.17) is 0 Å². The quantitative estimate of drug-likeness (QED) is 0.585. The van der Waals surface area contributed by atoms with E-state index in [1.807, 2.05) is 54.8 Å². The smallest absolute Gasteiger partial charge is 0.151 e. The molecular weight excluding hydrogens is 216 g/mol. The van der Waals surface area contributed by atoms with Crippen LogP contribution in [-0.4, -0.2) is 12.5 Å². The second-order valence-corrected chi connectivity index (χ2v) is 4.25. The maximum Gasteiger partial charge on any atom is 0.151 e. The molecular formula is C14H12OS. The van der Waals surface area contributed by atoms with Gasteiger partial charge < -0.3 is 0 Å². The van der Waals surface area contributed by atoms with Crippen LogP contribution in [0.1, 0.15) is 10.4 Å². The molecule has 2 heteroatoms. The van der Waals surface area contributed by atoms with Gasteiger partial charge in [-0.15, -0.1) is 11.8 Å². The zero-order chi connectivity index (χ0) is 11.4. The Labute approximate surface area is 99.5 Å². The van der Waals surface area contributed by atoms with E-state index >= 15 is 0 Å². The first-order valence-electron chi connectivity index (χ1n) is 5.04. The van der Waals surface area contributed by atoms with Gasteiger partial charge in [-0.25, -0.2) is 0 Å². The van der Waals surface area contributed by atoms with Gasteiger partial charge in [-0.1, -0.05) is 42.5 Å². The lowest BCUT2D eigenvalue weighted by Gasteiger charge is -2.08. The summed E-state index contributed by atoms with van der Waals surface area (Å²) < 4.78 is 0. The average molecular weight is 228 g/mol. The van der Waals surface area contributed by atoms with Gasteiger partial charge >= 0.3 is 0 Å². The van der Waals surface area contributed by atoms with Crippen LogP contribution in [0.2, 0.25) is 0 Å². The third-order valence-corrected chi connectivity index (χ3v) is 3.28. The van der Waals surface area contributed by atoms with Crippen molar-refractivity contribution in [1.82, 2.24) is 0 Å². The Balaban J connectivity index is 2.61. The van der Waals surface area contributed by atoms with E-state index < -0.39 is 0 Å². The van der Waals surface area contributed by atoms with Gasteiger partial charge in [0.05, 0.1) is 0 Å². The molecule has 2 rings (SSSR count). The summed E-state index contributed by atoms with van der Waals surface area (Å²) in [7, 11) is 0. The van der Waals surface area contributed by atoms with Crippen LogP contribution in [0.15, 0.2) is 53.4 Å². The number of aldehydes is 1. The summed E-state index contributed by atoms with van der Waals surface area (Å²) in [6.07, 6.45) is 2.92. The van der Waals surface area contributed by atoms with E-state index in [1.165, 1.54) is 0 Å². The van der Waals surface area contributed by atoms with E-state index in [0.717, 1.165) is 27.9 Å². The number of hydrogen-bond donors (Lipinski definition) is 0. The molecule has 0 saturated heterocycles. The molecule has 2 aromatic carbocycles. The first-order valence-corrected chi connectivity index (χ1v) is 6.27. The summed E-state index contributed by atoms with van der Waals surface area (Å²) in [5.41, 5.74) is 2.86. The van der Waals surface area contributed by atoms with Crippen molar-refractivity contribution in [3.63, 3.8) is 0 Å². The van der Waals surface area contributed by atoms with E-state index in [2.05, 4.69) is 0 Å². The standard InChI is InChI=1S/C14H12OS/c1-16-14-9-5-8-12(13(14)10-15)11-6-3-2-4-7-11/h2-10H,1H3. The number of carbonyl (C=O) groups excluding carboxylic acids is 1. The van der Waals surface area contributed by atoms with Crippen molar-refractivity contribution < 1.29 is 4.79 Å². The second kappa shape index (κ2) is 4.99. The van der Waals surface area contributed by atoms with Crippen molar-refractivity contribution in [2.24, 2.45) is 0 Å². The fourth-order valence-electron chi connectivity index (χ4n) is 1.71. The summed E-state index contributed by atoms with van der Waals surface area (Å²) in [6.45, 7) is 0. The van der Waals surface area contributed by atoms with Gasteiger partial charge in [0.25, 0.3) is 0 Å². The molecule has 0 aliphatic rings. The van der Waals surface area contributed by atoms with Gasteiger partial charge in [-0.2, -0.15) is 0 Å². The Morgan fingerprint density at radius 2 is 1.75 bits per heavy atom. The fraction of sp³-hybridized carbons (Fsp3) is 0.0714. The first kappa shape index (κ1) is 11.0. The highest BCUT2D eigenvalue weighted by Crippen LogP contribution is 2.29. The maximum absolute atomic E-state index is 11.2. The molecule has 0 spiro atoms. The molecule has 2 aromatic rings. The molecule has 16 heavy (non-hydrogen) atoms. The normalized spacial score (nSPS) is 10.1. The van der Waals surface area contributed by atoms with Crippen molar-refractivity contribution in [1.29, 1.82) is 0 Å². The number of rotatable bonds is 3. The lowest BCUT2D eigenvalue weighted by atomic mass is 10.0. The SMILES string of the molecule is CSc1cccc(-c2ccccc2)c1C=O. The third-order valence-electron chi connectivity index (χ3n) is 2.49. The molecule has 0 aromatic heterocycles. The summed E-state index contributed by atoms with van der Waals surface area (Å²) in [5, 5.41) is 0. The molecule has 1 nitrogen and oxygen atoms in total. The van der Waals surface area contributed by atoms with Crippen LogP contribution >= 0.6 is 11.8 Å².